The molecule has 0 aromatic carbocycles. The van der Waals surface area contributed by atoms with Gasteiger partial charge in [-0.15, -0.1) is 0 Å². The Bertz CT molecular complexity index is 466. The average Bonchev–Trinajstić information content (AvgIpc) is 2.28. The van der Waals surface area contributed by atoms with Crippen LogP contribution in [0.4, 0.5) is 5.82 Å². The third-order valence-electron chi connectivity index (χ3n) is 2.73. The van der Waals surface area contributed by atoms with Crippen LogP contribution in [0.3, 0.4) is 0 Å². The van der Waals surface area contributed by atoms with Gasteiger partial charge in [-0.25, -0.2) is 18.5 Å². The molecular formula is C10H18N4O2S. The molecule has 1 rings (SSSR count). The zero-order chi connectivity index (χ0) is 13.1. The van der Waals surface area contributed by atoms with Gasteiger partial charge in [0.2, 0.25) is 10.0 Å². The molecule has 96 valence electrons. The maximum atomic E-state index is 11.0. The highest BCUT2D eigenvalue weighted by atomic mass is 32.2. The number of nitrogens with two attached hydrogens (primary N) is 2. The summed E-state index contributed by atoms with van der Waals surface area (Å²) in [5.41, 5.74) is 5.40. The van der Waals surface area contributed by atoms with Crippen LogP contribution in [-0.4, -0.2) is 25.5 Å². The van der Waals surface area contributed by atoms with Crippen molar-refractivity contribution in [1.82, 2.24) is 4.98 Å². The Labute approximate surface area is 101 Å². The summed E-state index contributed by atoms with van der Waals surface area (Å²) in [7, 11) is -3.69. The van der Waals surface area contributed by atoms with Gasteiger partial charge in [0.1, 0.15) is 10.7 Å². The van der Waals surface area contributed by atoms with Crippen molar-refractivity contribution in [3.8, 4) is 0 Å². The molecule has 0 aliphatic heterocycles. The SMILES string of the molecule is CCC(C)(CN)Nc1ccc(S(N)(=O)=O)cn1. The average molecular weight is 258 g/mol. The number of rotatable bonds is 5. The monoisotopic (exact) mass is 258 g/mol. The topological polar surface area (TPSA) is 111 Å². The van der Waals surface area contributed by atoms with Gasteiger partial charge in [0.15, 0.2) is 0 Å². The van der Waals surface area contributed by atoms with Gasteiger partial charge in [0, 0.05) is 18.3 Å². The van der Waals surface area contributed by atoms with Gasteiger partial charge < -0.3 is 11.1 Å². The molecule has 0 amide bonds. The van der Waals surface area contributed by atoms with Crippen LogP contribution in [0.1, 0.15) is 20.3 Å². The first-order chi connectivity index (χ1) is 7.80. The number of pyridine rings is 1. The highest BCUT2D eigenvalue weighted by Gasteiger charge is 2.20. The Morgan fingerprint density at radius 2 is 2.12 bits per heavy atom. The van der Waals surface area contributed by atoms with E-state index in [0.717, 1.165) is 6.42 Å². The number of aromatic nitrogens is 1. The van der Waals surface area contributed by atoms with Crippen LogP contribution >= 0.6 is 0 Å². The second kappa shape index (κ2) is 4.99. The number of nitrogens with one attached hydrogen (secondary N) is 1. The standard InChI is InChI=1S/C10H18N4O2S/c1-3-10(2,7-11)14-9-5-4-8(6-13-9)17(12,15)16/h4-6H,3,7,11H2,1-2H3,(H,13,14)(H2,12,15,16). The zero-order valence-electron chi connectivity index (χ0n) is 9.97. The minimum Gasteiger partial charge on any atom is -0.364 e. The third kappa shape index (κ3) is 3.65. The Balaban J connectivity index is 2.89. The van der Waals surface area contributed by atoms with Crippen molar-refractivity contribution in [1.29, 1.82) is 0 Å². The highest BCUT2D eigenvalue weighted by molar-refractivity contribution is 7.89. The van der Waals surface area contributed by atoms with Gasteiger partial charge in [0.05, 0.1) is 0 Å². The Kier molecular flexibility index (Phi) is 4.07. The van der Waals surface area contributed by atoms with E-state index in [1.54, 1.807) is 6.07 Å². The lowest BCUT2D eigenvalue weighted by Crippen LogP contribution is -2.42. The van der Waals surface area contributed by atoms with E-state index in [4.69, 9.17) is 10.9 Å². The van der Waals surface area contributed by atoms with Crippen molar-refractivity contribution in [3.05, 3.63) is 18.3 Å². The van der Waals surface area contributed by atoms with E-state index in [0.29, 0.717) is 12.4 Å². The lowest BCUT2D eigenvalue weighted by molar-refractivity contribution is 0.504. The quantitative estimate of drug-likeness (QED) is 0.702. The summed E-state index contributed by atoms with van der Waals surface area (Å²) in [6, 6.07) is 2.99. The van der Waals surface area contributed by atoms with Gasteiger partial charge in [-0.1, -0.05) is 6.92 Å². The summed E-state index contributed by atoms with van der Waals surface area (Å²) in [5.74, 6) is 0.576. The van der Waals surface area contributed by atoms with E-state index in [9.17, 15) is 8.42 Å². The second-order valence-electron chi connectivity index (χ2n) is 4.17. The molecule has 0 saturated carbocycles. The molecule has 1 atom stereocenters. The summed E-state index contributed by atoms with van der Waals surface area (Å²) in [6.07, 6.45) is 2.06. The summed E-state index contributed by atoms with van der Waals surface area (Å²) in [5, 5.41) is 8.14. The molecule has 1 aromatic heterocycles. The fourth-order valence-electron chi connectivity index (χ4n) is 1.22. The van der Waals surface area contributed by atoms with Crippen LogP contribution in [0.15, 0.2) is 23.2 Å². The lowest BCUT2D eigenvalue weighted by Gasteiger charge is -2.28. The first-order valence-electron chi connectivity index (χ1n) is 5.28. The van der Waals surface area contributed by atoms with Crippen LogP contribution in [-0.2, 0) is 10.0 Å². The van der Waals surface area contributed by atoms with Crippen molar-refractivity contribution in [2.45, 2.75) is 30.7 Å². The molecule has 0 aliphatic rings. The molecule has 6 nitrogen and oxygen atoms in total. The first-order valence-corrected chi connectivity index (χ1v) is 6.82. The van der Waals surface area contributed by atoms with Crippen LogP contribution in [0.25, 0.3) is 0 Å². The Morgan fingerprint density at radius 1 is 1.47 bits per heavy atom. The van der Waals surface area contributed by atoms with E-state index < -0.39 is 10.0 Å². The molecular weight excluding hydrogens is 240 g/mol. The maximum Gasteiger partial charge on any atom is 0.239 e. The lowest BCUT2D eigenvalue weighted by atomic mass is 9.99. The number of hydrogen-bond acceptors (Lipinski definition) is 5. The molecule has 0 bridgehead atoms. The molecule has 17 heavy (non-hydrogen) atoms. The molecule has 0 spiro atoms. The first kappa shape index (κ1) is 13.9. The van der Waals surface area contributed by atoms with Gasteiger partial charge >= 0.3 is 0 Å². The number of hydrogen-bond donors (Lipinski definition) is 3. The summed E-state index contributed by atoms with van der Waals surface area (Å²) in [4.78, 5) is 3.99. The van der Waals surface area contributed by atoms with Crippen molar-refractivity contribution in [2.75, 3.05) is 11.9 Å². The molecule has 0 saturated heterocycles. The molecule has 0 radical (unpaired) electrons. The molecule has 5 N–H and O–H groups in total. The Hall–Kier alpha value is -1.18. The summed E-state index contributed by atoms with van der Waals surface area (Å²) in [6.45, 7) is 4.45. The van der Waals surface area contributed by atoms with E-state index in [1.165, 1.54) is 12.3 Å². The van der Waals surface area contributed by atoms with Gasteiger partial charge in [-0.05, 0) is 25.5 Å². The largest absolute Gasteiger partial charge is 0.364 e. The fraction of sp³-hybridized carbons (Fsp3) is 0.500. The Morgan fingerprint density at radius 3 is 2.47 bits per heavy atom. The van der Waals surface area contributed by atoms with Crippen molar-refractivity contribution >= 4 is 15.8 Å². The van der Waals surface area contributed by atoms with Crippen LogP contribution in [0, 0.1) is 0 Å². The van der Waals surface area contributed by atoms with Crippen LogP contribution in [0.2, 0.25) is 0 Å². The summed E-state index contributed by atoms with van der Waals surface area (Å²) < 4.78 is 22.1. The molecule has 0 aliphatic carbocycles. The van der Waals surface area contributed by atoms with Gasteiger partial charge in [-0.2, -0.15) is 0 Å². The number of nitrogens with zero attached hydrogens (tertiary/aromatic N) is 1. The van der Waals surface area contributed by atoms with Crippen molar-refractivity contribution < 1.29 is 8.42 Å². The maximum absolute atomic E-state index is 11.0. The normalized spacial score (nSPS) is 15.3. The predicted octanol–water partition coefficient (Wildman–Crippen LogP) is 0.268. The molecule has 1 aromatic rings. The van der Waals surface area contributed by atoms with E-state index in [1.807, 2.05) is 13.8 Å². The molecule has 1 heterocycles. The fourth-order valence-corrected chi connectivity index (χ4v) is 1.67. The molecule has 7 heteroatoms. The molecule has 1 unspecified atom stereocenters. The zero-order valence-corrected chi connectivity index (χ0v) is 10.8. The van der Waals surface area contributed by atoms with Crippen molar-refractivity contribution in [3.63, 3.8) is 0 Å². The van der Waals surface area contributed by atoms with Crippen molar-refractivity contribution in [2.24, 2.45) is 10.9 Å². The number of anilines is 1. The van der Waals surface area contributed by atoms with Crippen LogP contribution in [0.5, 0.6) is 0 Å². The van der Waals surface area contributed by atoms with E-state index in [-0.39, 0.29) is 10.4 Å². The van der Waals surface area contributed by atoms with E-state index >= 15 is 0 Å². The minimum atomic E-state index is -3.69. The minimum absolute atomic E-state index is 0.00556. The van der Waals surface area contributed by atoms with Gasteiger partial charge in [0.25, 0.3) is 0 Å². The van der Waals surface area contributed by atoms with Gasteiger partial charge in [-0.3, -0.25) is 0 Å². The number of sulfonamides is 1. The third-order valence-corrected chi connectivity index (χ3v) is 3.62. The van der Waals surface area contributed by atoms with E-state index in [2.05, 4.69) is 10.3 Å². The summed E-state index contributed by atoms with van der Waals surface area (Å²) >= 11 is 0. The highest BCUT2D eigenvalue weighted by Crippen LogP contribution is 2.16. The predicted molar refractivity (Wildman–Crippen MR) is 67.0 cm³/mol. The second-order valence-corrected chi connectivity index (χ2v) is 5.73. The van der Waals surface area contributed by atoms with Crippen LogP contribution < -0.4 is 16.2 Å². The smallest absolute Gasteiger partial charge is 0.239 e. The molecule has 0 fully saturated rings. The number of primary sulfonamides is 1.